The molecule has 6 aliphatic carbocycles. The Balaban J connectivity index is 1.24. The van der Waals surface area contributed by atoms with E-state index in [1.54, 1.807) is 0 Å². The van der Waals surface area contributed by atoms with Gasteiger partial charge >= 0.3 is 0 Å². The molecule has 0 aromatic heterocycles. The third kappa shape index (κ3) is 2.53. The fourth-order valence-electron chi connectivity index (χ4n) is 11.3. The number of fused-ring (bicyclic) bond motifs is 4. The highest BCUT2D eigenvalue weighted by Gasteiger charge is 2.77. The lowest BCUT2D eigenvalue weighted by molar-refractivity contribution is -0.161. The zero-order valence-electron chi connectivity index (χ0n) is 21.0. The van der Waals surface area contributed by atoms with Crippen molar-refractivity contribution in [3.05, 3.63) is 0 Å². The van der Waals surface area contributed by atoms with Gasteiger partial charge in [-0.1, -0.05) is 34.6 Å². The number of ether oxygens (including phenoxy) is 1. The van der Waals surface area contributed by atoms with Crippen molar-refractivity contribution in [2.24, 2.45) is 69.5 Å². The summed E-state index contributed by atoms with van der Waals surface area (Å²) in [5, 5.41) is 0. The first-order valence-electron chi connectivity index (χ1n) is 13.8. The van der Waals surface area contributed by atoms with Crippen LogP contribution in [0.3, 0.4) is 0 Å². The molecule has 0 aromatic carbocycles. The molecule has 12 atom stereocenters. The summed E-state index contributed by atoms with van der Waals surface area (Å²) in [5.41, 5.74) is 1.58. The fourth-order valence-corrected chi connectivity index (χ4v) is 11.3. The smallest absolute Gasteiger partial charge is 0.138 e. The van der Waals surface area contributed by atoms with Crippen molar-refractivity contribution in [2.75, 3.05) is 7.11 Å². The third-order valence-corrected chi connectivity index (χ3v) is 13.0. The summed E-state index contributed by atoms with van der Waals surface area (Å²) in [7, 11) is 2.01. The molecule has 0 heterocycles. The Kier molecular flexibility index (Phi) is 4.51. The SMILES string of the molecule is CO[C@@H]1C[C@H]2[C@@H]3CC[C@H]([C@H](C)[C@H]4CC4C(=O)C(C)C)[C@@]3(C)CC[C@@H]2[C@@]2(C)CC[C@H]3C[C@]312. The van der Waals surface area contributed by atoms with Crippen LogP contribution in [-0.4, -0.2) is 19.0 Å². The average molecular weight is 427 g/mol. The minimum absolute atomic E-state index is 0.212. The van der Waals surface area contributed by atoms with Crippen LogP contribution in [0.4, 0.5) is 0 Å². The van der Waals surface area contributed by atoms with E-state index < -0.39 is 0 Å². The van der Waals surface area contributed by atoms with Crippen LogP contribution in [0.2, 0.25) is 0 Å². The number of carbonyl (C=O) groups is 1. The van der Waals surface area contributed by atoms with E-state index in [-0.39, 0.29) is 5.92 Å². The standard InChI is InChI=1S/C29H46O2/c1-16(2)26(30)20-13-19(20)17(3)22-7-8-23-21-14-25(31-6)29-15-18(29)9-12-28(29,5)24(21)10-11-27(22,23)4/h16-25H,7-15H2,1-6H3/t17-,18+,19-,20?,21+,22-,23+,24+,25-,27-,28-,29+/m1/s1. The predicted octanol–water partition coefficient (Wildman–Crippen LogP) is 6.77. The number of Topliss-reactive ketones (excluding diaryl/α,β-unsaturated/α-hetero) is 1. The van der Waals surface area contributed by atoms with Crippen molar-refractivity contribution in [2.45, 2.75) is 98.5 Å². The first kappa shape index (κ1) is 21.2. The maximum Gasteiger partial charge on any atom is 0.138 e. The molecule has 0 saturated heterocycles. The molecule has 0 radical (unpaired) electrons. The van der Waals surface area contributed by atoms with Gasteiger partial charge in [0.2, 0.25) is 0 Å². The normalized spacial score (nSPS) is 57.6. The van der Waals surface area contributed by atoms with Gasteiger partial charge in [0.15, 0.2) is 0 Å². The van der Waals surface area contributed by atoms with Crippen LogP contribution in [0.5, 0.6) is 0 Å². The molecule has 31 heavy (non-hydrogen) atoms. The second kappa shape index (κ2) is 6.61. The van der Waals surface area contributed by atoms with Gasteiger partial charge in [-0.25, -0.2) is 0 Å². The minimum atomic E-state index is 0.212. The molecule has 2 heteroatoms. The summed E-state index contributed by atoms with van der Waals surface area (Å²) >= 11 is 0. The quantitative estimate of drug-likeness (QED) is 0.485. The van der Waals surface area contributed by atoms with Gasteiger partial charge in [-0.3, -0.25) is 4.79 Å². The van der Waals surface area contributed by atoms with E-state index in [2.05, 4.69) is 34.6 Å². The van der Waals surface area contributed by atoms with Crippen LogP contribution in [0.25, 0.3) is 0 Å². The molecule has 1 spiro atoms. The minimum Gasteiger partial charge on any atom is -0.381 e. The van der Waals surface area contributed by atoms with Crippen LogP contribution >= 0.6 is 0 Å². The first-order valence-corrected chi connectivity index (χ1v) is 13.8. The van der Waals surface area contributed by atoms with Crippen LogP contribution < -0.4 is 0 Å². The summed E-state index contributed by atoms with van der Waals surface area (Å²) in [6, 6.07) is 0. The van der Waals surface area contributed by atoms with E-state index in [4.69, 9.17) is 4.74 Å². The zero-order chi connectivity index (χ0) is 21.9. The molecule has 6 fully saturated rings. The Morgan fingerprint density at radius 3 is 2.42 bits per heavy atom. The molecular formula is C29H46O2. The number of rotatable bonds is 5. The molecule has 6 saturated carbocycles. The molecule has 2 nitrogen and oxygen atoms in total. The molecule has 0 aliphatic heterocycles. The van der Waals surface area contributed by atoms with E-state index in [9.17, 15) is 4.79 Å². The highest BCUT2D eigenvalue weighted by Crippen LogP contribution is 2.82. The predicted molar refractivity (Wildman–Crippen MR) is 124 cm³/mol. The van der Waals surface area contributed by atoms with E-state index >= 15 is 0 Å². The summed E-state index contributed by atoms with van der Waals surface area (Å²) in [5.74, 6) is 7.03. The summed E-state index contributed by atoms with van der Waals surface area (Å²) < 4.78 is 6.29. The van der Waals surface area contributed by atoms with Crippen molar-refractivity contribution in [3.8, 4) is 0 Å². The zero-order valence-corrected chi connectivity index (χ0v) is 21.0. The summed E-state index contributed by atoms with van der Waals surface area (Å²) in [6.07, 6.45) is 13.2. The Morgan fingerprint density at radius 2 is 1.74 bits per heavy atom. The van der Waals surface area contributed by atoms with Crippen molar-refractivity contribution in [1.29, 1.82) is 0 Å². The largest absolute Gasteiger partial charge is 0.381 e. The topological polar surface area (TPSA) is 26.3 Å². The molecule has 6 aliphatic rings. The van der Waals surface area contributed by atoms with Gasteiger partial charge < -0.3 is 4.74 Å². The Hall–Kier alpha value is -0.370. The van der Waals surface area contributed by atoms with Gasteiger partial charge in [0.1, 0.15) is 5.78 Å². The number of hydrogen-bond acceptors (Lipinski definition) is 2. The molecule has 174 valence electrons. The number of carbonyl (C=O) groups excluding carboxylic acids is 1. The molecule has 0 N–H and O–H groups in total. The maximum atomic E-state index is 12.6. The maximum absolute atomic E-state index is 12.6. The Morgan fingerprint density at radius 1 is 0.968 bits per heavy atom. The number of ketones is 1. The van der Waals surface area contributed by atoms with Gasteiger partial charge in [-0.15, -0.1) is 0 Å². The van der Waals surface area contributed by atoms with E-state index in [1.165, 1.54) is 57.8 Å². The highest BCUT2D eigenvalue weighted by atomic mass is 16.5. The second-order valence-electron chi connectivity index (χ2n) is 13.9. The molecule has 0 amide bonds. The summed E-state index contributed by atoms with van der Waals surface area (Å²) in [4.78, 5) is 12.6. The Labute approximate surface area is 190 Å². The first-order chi connectivity index (χ1) is 14.7. The molecule has 0 aromatic rings. The average Bonchev–Trinajstić information content (AvgIpc) is 3.62. The molecule has 1 unspecified atom stereocenters. The van der Waals surface area contributed by atoms with Crippen LogP contribution in [0, 0.1) is 69.5 Å². The number of methoxy groups -OCH3 is 1. The molecule has 0 bridgehead atoms. The van der Waals surface area contributed by atoms with Crippen molar-refractivity contribution in [1.82, 2.24) is 0 Å². The van der Waals surface area contributed by atoms with E-state index in [0.717, 1.165) is 35.5 Å². The van der Waals surface area contributed by atoms with Crippen molar-refractivity contribution in [3.63, 3.8) is 0 Å². The lowest BCUT2D eigenvalue weighted by Crippen LogP contribution is -2.57. The van der Waals surface area contributed by atoms with Crippen LogP contribution in [0.15, 0.2) is 0 Å². The highest BCUT2D eigenvalue weighted by molar-refractivity contribution is 5.85. The van der Waals surface area contributed by atoms with Crippen molar-refractivity contribution >= 4 is 5.78 Å². The van der Waals surface area contributed by atoms with Gasteiger partial charge in [-0.05, 0) is 110 Å². The molecule has 6 rings (SSSR count). The van der Waals surface area contributed by atoms with Gasteiger partial charge in [0, 0.05) is 24.4 Å². The van der Waals surface area contributed by atoms with E-state index in [0.29, 0.717) is 40.0 Å². The lowest BCUT2D eigenvalue weighted by Gasteiger charge is -2.61. The lowest BCUT2D eigenvalue weighted by atomic mass is 9.45. The van der Waals surface area contributed by atoms with Crippen LogP contribution in [-0.2, 0) is 9.53 Å². The summed E-state index contributed by atoms with van der Waals surface area (Å²) in [6.45, 7) is 12.1. The third-order valence-electron chi connectivity index (χ3n) is 13.0. The fraction of sp³-hybridized carbons (Fsp3) is 0.966. The van der Waals surface area contributed by atoms with E-state index in [1.807, 2.05) is 7.11 Å². The molecular weight excluding hydrogens is 380 g/mol. The van der Waals surface area contributed by atoms with Crippen molar-refractivity contribution < 1.29 is 9.53 Å². The van der Waals surface area contributed by atoms with Crippen LogP contribution in [0.1, 0.15) is 92.4 Å². The monoisotopic (exact) mass is 426 g/mol. The Bertz CT molecular complexity index is 773. The van der Waals surface area contributed by atoms with Gasteiger partial charge in [-0.2, -0.15) is 0 Å². The second-order valence-corrected chi connectivity index (χ2v) is 13.9. The number of hydrogen-bond donors (Lipinski definition) is 0. The van der Waals surface area contributed by atoms with Gasteiger partial charge in [0.05, 0.1) is 6.10 Å². The van der Waals surface area contributed by atoms with Gasteiger partial charge in [0.25, 0.3) is 0 Å².